The molecule has 0 radical (unpaired) electrons. The number of alkyl halides is 3. The summed E-state index contributed by atoms with van der Waals surface area (Å²) in [5.74, 6) is 0.645. The van der Waals surface area contributed by atoms with Crippen LogP contribution in [0.5, 0.6) is 0 Å². The van der Waals surface area contributed by atoms with Gasteiger partial charge in [0.15, 0.2) is 17.3 Å². The highest BCUT2D eigenvalue weighted by molar-refractivity contribution is 7.92. The predicted octanol–water partition coefficient (Wildman–Crippen LogP) is 4.68. The molecule has 3 heterocycles. The number of nitrogens with one attached hydrogen (secondary N) is 1. The van der Waals surface area contributed by atoms with Crippen molar-refractivity contribution in [1.82, 2.24) is 24.3 Å². The van der Waals surface area contributed by atoms with Crippen LogP contribution < -0.4 is 10.9 Å². The standard InChI is InChI=1S/C22H22F3N7O2S/c1-13(2)31-20(33)16-12-26-21(27-15-10-8-14(9-11-15)22(23,24)25)29-19(16)32(31)18-7-5-6-17(28-18)30-35(3,4)34/h5-13H,1-4H3,(H,26,27,29). The molecule has 0 aliphatic rings. The molecule has 184 valence electrons. The van der Waals surface area contributed by atoms with Gasteiger partial charge < -0.3 is 5.32 Å². The Kier molecular flexibility index (Phi) is 6.13. The minimum absolute atomic E-state index is 0.0814. The molecule has 0 aliphatic heterocycles. The van der Waals surface area contributed by atoms with Crippen molar-refractivity contribution in [2.75, 3.05) is 17.8 Å². The summed E-state index contributed by atoms with van der Waals surface area (Å²) in [4.78, 5) is 26.2. The smallest absolute Gasteiger partial charge is 0.324 e. The summed E-state index contributed by atoms with van der Waals surface area (Å²) >= 11 is 0. The highest BCUT2D eigenvalue weighted by atomic mass is 32.2. The van der Waals surface area contributed by atoms with E-state index in [9.17, 15) is 22.2 Å². The lowest BCUT2D eigenvalue weighted by Crippen LogP contribution is -2.24. The number of anilines is 2. The van der Waals surface area contributed by atoms with Crippen molar-refractivity contribution in [2.45, 2.75) is 26.1 Å². The third kappa shape index (κ3) is 5.19. The number of hydrogen-bond donors (Lipinski definition) is 1. The maximum absolute atomic E-state index is 13.1. The molecule has 0 amide bonds. The van der Waals surface area contributed by atoms with E-state index in [1.165, 1.54) is 40.2 Å². The van der Waals surface area contributed by atoms with E-state index >= 15 is 0 Å². The highest BCUT2D eigenvalue weighted by Crippen LogP contribution is 2.30. The second-order valence-electron chi connectivity index (χ2n) is 8.31. The molecular formula is C22H22F3N7O2S. The van der Waals surface area contributed by atoms with Crippen LogP contribution in [-0.4, -0.2) is 41.0 Å². The third-order valence-corrected chi connectivity index (χ3v) is 5.46. The average molecular weight is 506 g/mol. The van der Waals surface area contributed by atoms with Gasteiger partial charge in [0.25, 0.3) is 5.56 Å². The van der Waals surface area contributed by atoms with Gasteiger partial charge in [-0.1, -0.05) is 6.07 Å². The average Bonchev–Trinajstić information content (AvgIpc) is 3.04. The molecule has 0 saturated heterocycles. The molecule has 13 heteroatoms. The SMILES string of the molecule is CC(C)n1c(=O)c2cnc(Nc3ccc(C(F)(F)F)cc3)nc2n1-c1cccc(N=S(C)(C)=O)n1. The minimum Gasteiger partial charge on any atom is -0.324 e. The second kappa shape index (κ2) is 8.80. The Labute approximate surface area is 198 Å². The van der Waals surface area contributed by atoms with E-state index in [-0.39, 0.29) is 34.4 Å². The van der Waals surface area contributed by atoms with Crippen molar-refractivity contribution < 1.29 is 17.4 Å². The number of aromatic nitrogens is 5. The summed E-state index contributed by atoms with van der Waals surface area (Å²) in [7, 11) is -2.46. The van der Waals surface area contributed by atoms with E-state index in [0.29, 0.717) is 11.5 Å². The Hall–Kier alpha value is -3.74. The van der Waals surface area contributed by atoms with E-state index in [0.717, 1.165) is 12.1 Å². The van der Waals surface area contributed by atoms with E-state index < -0.39 is 21.5 Å². The van der Waals surface area contributed by atoms with E-state index in [2.05, 4.69) is 24.6 Å². The minimum atomic E-state index is -4.44. The molecule has 0 unspecified atom stereocenters. The van der Waals surface area contributed by atoms with Crippen LogP contribution in [0.1, 0.15) is 25.5 Å². The molecule has 9 nitrogen and oxygen atoms in total. The number of hydrogen-bond acceptors (Lipinski definition) is 7. The number of fused-ring (bicyclic) bond motifs is 1. The number of pyridine rings is 1. The van der Waals surface area contributed by atoms with Gasteiger partial charge in [-0.15, -0.1) is 0 Å². The molecule has 0 fully saturated rings. The topological polar surface area (TPSA) is 107 Å². The van der Waals surface area contributed by atoms with Gasteiger partial charge in [-0.3, -0.25) is 4.79 Å². The van der Waals surface area contributed by atoms with Crippen LogP contribution in [0.4, 0.5) is 30.6 Å². The van der Waals surface area contributed by atoms with E-state index in [1.54, 1.807) is 18.2 Å². The molecular weight excluding hydrogens is 483 g/mol. The first kappa shape index (κ1) is 24.4. The maximum atomic E-state index is 13.1. The third-order valence-electron chi connectivity index (χ3n) is 4.83. The maximum Gasteiger partial charge on any atom is 0.416 e. The number of nitrogens with zero attached hydrogens (tertiary/aromatic N) is 6. The number of benzene rings is 1. The van der Waals surface area contributed by atoms with Crippen molar-refractivity contribution in [2.24, 2.45) is 4.36 Å². The summed E-state index contributed by atoms with van der Waals surface area (Å²) in [5.41, 5.74) is -0.530. The van der Waals surface area contributed by atoms with Gasteiger partial charge in [0.1, 0.15) is 5.39 Å². The van der Waals surface area contributed by atoms with E-state index in [4.69, 9.17) is 0 Å². The molecule has 1 aromatic carbocycles. The highest BCUT2D eigenvalue weighted by Gasteiger charge is 2.30. The number of rotatable bonds is 5. The Morgan fingerprint density at radius 1 is 1.06 bits per heavy atom. The Balaban J connectivity index is 1.84. The van der Waals surface area contributed by atoms with Crippen LogP contribution >= 0.6 is 0 Å². The monoisotopic (exact) mass is 505 g/mol. The summed E-state index contributed by atoms with van der Waals surface area (Å²) in [6, 6.07) is 9.10. The molecule has 3 aromatic heterocycles. The zero-order valence-corrected chi connectivity index (χ0v) is 20.1. The van der Waals surface area contributed by atoms with Gasteiger partial charge in [-0.05, 0) is 50.2 Å². The van der Waals surface area contributed by atoms with Crippen molar-refractivity contribution in [1.29, 1.82) is 0 Å². The van der Waals surface area contributed by atoms with Crippen molar-refractivity contribution in [3.63, 3.8) is 0 Å². The lowest BCUT2D eigenvalue weighted by atomic mass is 10.2. The van der Waals surface area contributed by atoms with Crippen molar-refractivity contribution in [3.8, 4) is 5.82 Å². The zero-order valence-electron chi connectivity index (χ0n) is 19.2. The molecule has 4 rings (SSSR count). The second-order valence-corrected chi connectivity index (χ2v) is 10.9. The molecule has 0 aliphatic carbocycles. The molecule has 0 saturated carbocycles. The van der Waals surface area contributed by atoms with Crippen LogP contribution in [0, 0.1) is 0 Å². The predicted molar refractivity (Wildman–Crippen MR) is 128 cm³/mol. The van der Waals surface area contributed by atoms with Crippen LogP contribution in [0.2, 0.25) is 0 Å². The molecule has 35 heavy (non-hydrogen) atoms. The lowest BCUT2D eigenvalue weighted by molar-refractivity contribution is -0.137. The Morgan fingerprint density at radius 3 is 2.34 bits per heavy atom. The number of halogens is 3. The van der Waals surface area contributed by atoms with Crippen LogP contribution in [0.15, 0.2) is 57.8 Å². The Bertz CT molecular complexity index is 1570. The first-order valence-electron chi connectivity index (χ1n) is 10.4. The fraction of sp³-hybridized carbons (Fsp3) is 0.273. The fourth-order valence-corrected chi connectivity index (χ4v) is 3.98. The lowest BCUT2D eigenvalue weighted by Gasteiger charge is -2.15. The van der Waals surface area contributed by atoms with Gasteiger partial charge >= 0.3 is 6.18 Å². The summed E-state index contributed by atoms with van der Waals surface area (Å²) in [5, 5.41) is 3.09. The largest absolute Gasteiger partial charge is 0.416 e. The van der Waals surface area contributed by atoms with Gasteiger partial charge in [0, 0.05) is 40.2 Å². The first-order valence-corrected chi connectivity index (χ1v) is 12.8. The molecule has 0 atom stereocenters. The quantitative estimate of drug-likeness (QED) is 0.422. The van der Waals surface area contributed by atoms with Gasteiger partial charge in [0.05, 0.1) is 5.56 Å². The summed E-state index contributed by atoms with van der Waals surface area (Å²) < 4.78 is 57.8. The fourth-order valence-electron chi connectivity index (χ4n) is 3.42. The molecule has 0 bridgehead atoms. The molecule has 0 spiro atoms. The van der Waals surface area contributed by atoms with Gasteiger partial charge in [-0.2, -0.15) is 22.5 Å². The van der Waals surface area contributed by atoms with Crippen LogP contribution in [0.3, 0.4) is 0 Å². The van der Waals surface area contributed by atoms with Crippen molar-refractivity contribution in [3.05, 3.63) is 64.6 Å². The normalized spacial score (nSPS) is 12.3. The summed E-state index contributed by atoms with van der Waals surface area (Å²) in [6.07, 6.45) is -0.113. The van der Waals surface area contributed by atoms with Gasteiger partial charge in [0.2, 0.25) is 5.95 Å². The molecule has 1 N–H and O–H groups in total. The van der Waals surface area contributed by atoms with E-state index in [1.807, 2.05) is 13.8 Å². The molecule has 4 aromatic rings. The van der Waals surface area contributed by atoms with Crippen molar-refractivity contribution >= 4 is 38.2 Å². The van der Waals surface area contributed by atoms with Crippen LogP contribution in [0.25, 0.3) is 16.9 Å². The zero-order chi connectivity index (χ0) is 25.5. The Morgan fingerprint density at radius 2 is 1.74 bits per heavy atom. The van der Waals surface area contributed by atoms with Gasteiger partial charge in [-0.25, -0.2) is 23.5 Å². The van der Waals surface area contributed by atoms with Crippen LogP contribution in [-0.2, 0) is 15.9 Å². The first-order chi connectivity index (χ1) is 16.3. The summed E-state index contributed by atoms with van der Waals surface area (Å²) in [6.45, 7) is 3.65.